The van der Waals surface area contributed by atoms with Crippen molar-refractivity contribution in [3.05, 3.63) is 70.0 Å². The molecule has 0 spiro atoms. The Balaban J connectivity index is 1.76. The fraction of sp³-hybridized carbons (Fsp3) is 0.105. The van der Waals surface area contributed by atoms with Crippen LogP contribution in [0.5, 0.6) is 5.75 Å². The van der Waals surface area contributed by atoms with Gasteiger partial charge in [-0.05, 0) is 48.5 Å². The lowest BCUT2D eigenvalue weighted by Gasteiger charge is -2.08. The number of ether oxygens (including phenoxy) is 2. The molecule has 2 rings (SSSR count). The summed E-state index contributed by atoms with van der Waals surface area (Å²) in [4.78, 5) is 35.1. The summed E-state index contributed by atoms with van der Waals surface area (Å²) in [5.74, 6) is -2.05. The molecule has 2 aromatic carbocycles. The average molecular weight is 451 g/mol. The minimum absolute atomic E-state index is 0.183. The third-order valence-electron chi connectivity index (χ3n) is 3.37. The highest BCUT2D eigenvalue weighted by molar-refractivity contribution is 9.10. The number of hydrazine groups is 1. The first-order valence-electron chi connectivity index (χ1n) is 7.92. The second-order valence-corrected chi connectivity index (χ2v) is 6.25. The number of benzene rings is 2. The van der Waals surface area contributed by atoms with Crippen LogP contribution in [0, 0.1) is 5.82 Å². The molecule has 146 valence electrons. The lowest BCUT2D eigenvalue weighted by molar-refractivity contribution is -0.144. The predicted octanol–water partition coefficient (Wildman–Crippen LogP) is 2.61. The van der Waals surface area contributed by atoms with Crippen LogP contribution in [0.25, 0.3) is 6.08 Å². The number of carbonyl (C=O) groups is 3. The maximum atomic E-state index is 13.6. The second kappa shape index (κ2) is 10.2. The zero-order valence-corrected chi connectivity index (χ0v) is 16.3. The molecular weight excluding hydrogens is 435 g/mol. The van der Waals surface area contributed by atoms with E-state index in [0.29, 0.717) is 15.8 Å². The standard InChI is InChI=1S/C19H16BrFN2O5/c1-27-15-6-2-12(3-7-15)19(26)23-22-17(24)11-28-18(25)9-4-13-10-14(20)5-8-16(13)21/h2-10H,11H2,1H3,(H,22,24)(H,23,26)/b9-4+. The van der Waals surface area contributed by atoms with E-state index in [2.05, 4.69) is 26.8 Å². The molecular formula is C19H16BrFN2O5. The number of methoxy groups -OCH3 is 1. The van der Waals surface area contributed by atoms with Crippen molar-refractivity contribution in [3.63, 3.8) is 0 Å². The van der Waals surface area contributed by atoms with Gasteiger partial charge in [0.05, 0.1) is 7.11 Å². The van der Waals surface area contributed by atoms with E-state index in [4.69, 9.17) is 9.47 Å². The van der Waals surface area contributed by atoms with E-state index in [1.54, 1.807) is 12.1 Å². The van der Waals surface area contributed by atoms with Gasteiger partial charge in [0.15, 0.2) is 6.61 Å². The molecule has 28 heavy (non-hydrogen) atoms. The molecule has 0 saturated heterocycles. The molecule has 0 unspecified atom stereocenters. The summed E-state index contributed by atoms with van der Waals surface area (Å²) in [7, 11) is 1.50. The van der Waals surface area contributed by atoms with Crippen LogP contribution in [0.3, 0.4) is 0 Å². The summed E-state index contributed by atoms with van der Waals surface area (Å²) in [5.41, 5.74) is 4.79. The van der Waals surface area contributed by atoms with Crippen molar-refractivity contribution in [1.29, 1.82) is 0 Å². The maximum Gasteiger partial charge on any atom is 0.331 e. The van der Waals surface area contributed by atoms with Crippen LogP contribution in [-0.2, 0) is 14.3 Å². The highest BCUT2D eigenvalue weighted by Gasteiger charge is 2.09. The van der Waals surface area contributed by atoms with Crippen molar-refractivity contribution >= 4 is 39.8 Å². The molecule has 0 aliphatic rings. The topological polar surface area (TPSA) is 93.7 Å². The van der Waals surface area contributed by atoms with E-state index >= 15 is 0 Å². The van der Waals surface area contributed by atoms with Gasteiger partial charge in [0.25, 0.3) is 11.8 Å². The normalized spacial score (nSPS) is 10.4. The third-order valence-corrected chi connectivity index (χ3v) is 3.86. The van der Waals surface area contributed by atoms with Gasteiger partial charge in [-0.3, -0.25) is 20.4 Å². The van der Waals surface area contributed by atoms with Gasteiger partial charge in [0.1, 0.15) is 11.6 Å². The van der Waals surface area contributed by atoms with Crippen molar-refractivity contribution in [2.24, 2.45) is 0 Å². The van der Waals surface area contributed by atoms with E-state index in [-0.39, 0.29) is 5.56 Å². The SMILES string of the molecule is COc1ccc(C(=O)NNC(=O)COC(=O)/C=C/c2cc(Br)ccc2F)cc1. The molecule has 0 atom stereocenters. The molecule has 0 aromatic heterocycles. The Bertz CT molecular complexity index is 900. The number of hydrogen-bond donors (Lipinski definition) is 2. The van der Waals surface area contributed by atoms with Gasteiger partial charge in [-0.1, -0.05) is 15.9 Å². The molecule has 7 nitrogen and oxygen atoms in total. The van der Waals surface area contributed by atoms with Gasteiger partial charge in [-0.15, -0.1) is 0 Å². The van der Waals surface area contributed by atoms with Crippen molar-refractivity contribution in [2.45, 2.75) is 0 Å². The molecule has 0 saturated carbocycles. The van der Waals surface area contributed by atoms with Gasteiger partial charge in [0, 0.05) is 21.7 Å². The quantitative estimate of drug-likeness (QED) is 0.400. The summed E-state index contributed by atoms with van der Waals surface area (Å²) >= 11 is 3.20. The Hall–Kier alpha value is -3.20. The van der Waals surface area contributed by atoms with E-state index in [1.165, 1.54) is 43.5 Å². The van der Waals surface area contributed by atoms with Crippen molar-refractivity contribution < 1.29 is 28.2 Å². The van der Waals surface area contributed by atoms with Crippen molar-refractivity contribution in [3.8, 4) is 5.75 Å². The number of esters is 1. The first kappa shape index (κ1) is 21.1. The van der Waals surface area contributed by atoms with Crippen LogP contribution in [0.2, 0.25) is 0 Å². The van der Waals surface area contributed by atoms with Crippen LogP contribution in [0.4, 0.5) is 4.39 Å². The van der Waals surface area contributed by atoms with Crippen LogP contribution >= 0.6 is 15.9 Å². The molecule has 0 bridgehead atoms. The Labute approximate surface area is 168 Å². The van der Waals surface area contributed by atoms with E-state index in [1.807, 2.05) is 0 Å². The number of rotatable bonds is 6. The summed E-state index contributed by atoms with van der Waals surface area (Å²) in [6.45, 7) is -0.618. The summed E-state index contributed by atoms with van der Waals surface area (Å²) in [6, 6.07) is 10.5. The highest BCUT2D eigenvalue weighted by Crippen LogP contribution is 2.16. The molecule has 0 fully saturated rings. The smallest absolute Gasteiger partial charge is 0.331 e. The highest BCUT2D eigenvalue weighted by atomic mass is 79.9. The fourth-order valence-corrected chi connectivity index (χ4v) is 2.34. The van der Waals surface area contributed by atoms with Crippen LogP contribution < -0.4 is 15.6 Å². The fourth-order valence-electron chi connectivity index (χ4n) is 1.96. The molecule has 0 radical (unpaired) electrons. The van der Waals surface area contributed by atoms with E-state index in [9.17, 15) is 18.8 Å². The Morgan fingerprint density at radius 3 is 2.50 bits per heavy atom. The second-order valence-electron chi connectivity index (χ2n) is 5.34. The molecule has 0 heterocycles. The largest absolute Gasteiger partial charge is 0.497 e. The Morgan fingerprint density at radius 2 is 1.82 bits per heavy atom. The van der Waals surface area contributed by atoms with Crippen molar-refractivity contribution in [1.82, 2.24) is 10.9 Å². The lowest BCUT2D eigenvalue weighted by atomic mass is 10.2. The Kier molecular flexibility index (Phi) is 7.70. The number of carbonyl (C=O) groups excluding carboxylic acids is 3. The van der Waals surface area contributed by atoms with Crippen LogP contribution in [0.15, 0.2) is 53.0 Å². The van der Waals surface area contributed by atoms with Gasteiger partial charge >= 0.3 is 5.97 Å². The first-order chi connectivity index (χ1) is 13.4. The molecule has 9 heteroatoms. The van der Waals surface area contributed by atoms with Gasteiger partial charge in [0.2, 0.25) is 0 Å². The summed E-state index contributed by atoms with van der Waals surface area (Å²) in [6.07, 6.45) is 2.22. The third kappa shape index (κ3) is 6.51. The predicted molar refractivity (Wildman–Crippen MR) is 103 cm³/mol. The number of amides is 2. The minimum Gasteiger partial charge on any atom is -0.497 e. The van der Waals surface area contributed by atoms with Crippen LogP contribution in [-0.4, -0.2) is 31.5 Å². The zero-order chi connectivity index (χ0) is 20.5. The van der Waals surface area contributed by atoms with E-state index in [0.717, 1.165) is 6.08 Å². The molecule has 0 aliphatic carbocycles. The average Bonchev–Trinajstić information content (AvgIpc) is 2.71. The molecule has 2 aromatic rings. The van der Waals surface area contributed by atoms with Crippen LogP contribution in [0.1, 0.15) is 15.9 Å². The molecule has 2 amide bonds. The van der Waals surface area contributed by atoms with Crippen molar-refractivity contribution in [2.75, 3.05) is 13.7 Å². The number of hydrogen-bond acceptors (Lipinski definition) is 5. The summed E-state index contributed by atoms with van der Waals surface area (Å²) < 4.78 is 23.9. The van der Waals surface area contributed by atoms with Gasteiger partial charge in [-0.25, -0.2) is 9.18 Å². The van der Waals surface area contributed by atoms with E-state index < -0.39 is 30.2 Å². The number of nitrogens with one attached hydrogen (secondary N) is 2. The molecule has 0 aliphatic heterocycles. The van der Waals surface area contributed by atoms with Gasteiger partial charge < -0.3 is 9.47 Å². The van der Waals surface area contributed by atoms with Gasteiger partial charge in [-0.2, -0.15) is 0 Å². The summed E-state index contributed by atoms with van der Waals surface area (Å²) in [5, 5.41) is 0. The zero-order valence-electron chi connectivity index (χ0n) is 14.7. The Morgan fingerprint density at radius 1 is 1.11 bits per heavy atom. The monoisotopic (exact) mass is 450 g/mol. The number of halogens is 2. The lowest BCUT2D eigenvalue weighted by Crippen LogP contribution is -2.43. The maximum absolute atomic E-state index is 13.6. The molecule has 2 N–H and O–H groups in total. The first-order valence-corrected chi connectivity index (χ1v) is 8.71. The minimum atomic E-state index is -0.837.